The molecular weight excluding hydrogens is 218 g/mol. The van der Waals surface area contributed by atoms with Crippen LogP contribution in [-0.2, 0) is 16.0 Å². The quantitative estimate of drug-likeness (QED) is 0.862. The lowest BCUT2D eigenvalue weighted by Gasteiger charge is -1.93. The normalized spacial score (nSPS) is 7.76. The smallest absolute Gasteiger partial charge is 0.404 e. The van der Waals surface area contributed by atoms with Crippen LogP contribution in [0.15, 0.2) is 30.3 Å². The molecule has 1 aromatic rings. The molecule has 0 radical (unpaired) electrons. The lowest BCUT2D eigenvalue weighted by Crippen LogP contribution is -2.08. The summed E-state index contributed by atoms with van der Waals surface area (Å²) in [4.78, 5) is 20.0. The summed E-state index contributed by atoms with van der Waals surface area (Å²) in [6, 6.07) is 9.75. The first-order valence-electron chi connectivity index (χ1n) is 5.43. The molecule has 0 aromatic heterocycles. The molecule has 96 valence electrons. The van der Waals surface area contributed by atoms with Gasteiger partial charge >= 0.3 is 6.09 Å². The van der Waals surface area contributed by atoms with Gasteiger partial charge in [-0.1, -0.05) is 44.2 Å². The number of ether oxygens (including phenoxy) is 1. The zero-order valence-corrected chi connectivity index (χ0v) is 10.9. The van der Waals surface area contributed by atoms with Crippen LogP contribution in [-0.4, -0.2) is 19.0 Å². The summed E-state index contributed by atoms with van der Waals surface area (Å²) < 4.78 is 3.89. The van der Waals surface area contributed by atoms with Gasteiger partial charge in [0.25, 0.3) is 0 Å². The van der Waals surface area contributed by atoms with Crippen molar-refractivity contribution < 1.29 is 14.3 Å². The van der Waals surface area contributed by atoms with E-state index in [-0.39, 0.29) is 5.78 Å². The molecule has 0 fully saturated rings. The summed E-state index contributed by atoms with van der Waals surface area (Å²) in [6.07, 6.45) is -0.189. The molecule has 0 aliphatic carbocycles. The third-order valence-corrected chi connectivity index (χ3v) is 1.50. The molecule has 0 unspecified atom stereocenters. The van der Waals surface area contributed by atoms with Gasteiger partial charge in [-0.25, -0.2) is 4.79 Å². The van der Waals surface area contributed by atoms with Crippen molar-refractivity contribution in [1.29, 1.82) is 0 Å². The van der Waals surface area contributed by atoms with Crippen molar-refractivity contribution in [1.82, 2.24) is 0 Å². The monoisotopic (exact) mass is 239 g/mol. The number of amides is 1. The molecule has 1 rings (SSSR count). The molecule has 4 heteroatoms. The zero-order chi connectivity index (χ0) is 13.7. The third kappa shape index (κ3) is 14.2. The van der Waals surface area contributed by atoms with Crippen LogP contribution < -0.4 is 5.73 Å². The van der Waals surface area contributed by atoms with Crippen LogP contribution in [0.4, 0.5) is 4.79 Å². The van der Waals surface area contributed by atoms with Gasteiger partial charge < -0.3 is 10.5 Å². The first-order chi connectivity index (χ1) is 8.06. The molecule has 1 aromatic carbocycles. The van der Waals surface area contributed by atoms with Gasteiger partial charge in [-0.05, 0) is 12.5 Å². The Morgan fingerprint density at radius 1 is 1.18 bits per heavy atom. The van der Waals surface area contributed by atoms with E-state index in [4.69, 9.17) is 0 Å². The number of nitrogens with two attached hydrogens (primary N) is 1. The van der Waals surface area contributed by atoms with Crippen molar-refractivity contribution in [2.45, 2.75) is 27.2 Å². The number of carbonyl (C=O) groups excluding carboxylic acids is 2. The summed E-state index contributed by atoms with van der Waals surface area (Å²) in [7, 11) is 1.22. The van der Waals surface area contributed by atoms with Crippen molar-refractivity contribution in [3.63, 3.8) is 0 Å². The molecular formula is C13H21NO3. The molecule has 4 nitrogen and oxygen atoms in total. The Labute approximate surface area is 103 Å². The second-order valence-corrected chi connectivity index (χ2v) is 2.89. The molecule has 0 heterocycles. The summed E-state index contributed by atoms with van der Waals surface area (Å²) in [5, 5.41) is 0. The van der Waals surface area contributed by atoms with Gasteiger partial charge in [0.2, 0.25) is 0 Å². The largest absolute Gasteiger partial charge is 0.453 e. The van der Waals surface area contributed by atoms with Crippen molar-refractivity contribution in [2.75, 3.05) is 7.11 Å². The highest BCUT2D eigenvalue weighted by molar-refractivity contribution is 5.78. The van der Waals surface area contributed by atoms with Crippen LogP contribution in [0.25, 0.3) is 0 Å². The molecule has 0 bridgehead atoms. The number of ketones is 1. The van der Waals surface area contributed by atoms with E-state index in [1.165, 1.54) is 7.11 Å². The van der Waals surface area contributed by atoms with Gasteiger partial charge in [-0.2, -0.15) is 0 Å². The fraction of sp³-hybridized carbons (Fsp3) is 0.385. The summed E-state index contributed by atoms with van der Waals surface area (Å²) in [5.74, 6) is 0.214. The minimum absolute atomic E-state index is 0.214. The number of carbonyl (C=O) groups is 2. The van der Waals surface area contributed by atoms with E-state index in [0.717, 1.165) is 5.56 Å². The van der Waals surface area contributed by atoms with Crippen molar-refractivity contribution in [3.8, 4) is 0 Å². The van der Waals surface area contributed by atoms with E-state index in [2.05, 4.69) is 10.5 Å². The molecule has 0 spiro atoms. The van der Waals surface area contributed by atoms with Crippen molar-refractivity contribution in [2.24, 2.45) is 5.73 Å². The predicted octanol–water partition coefficient (Wildman–Crippen LogP) is 2.56. The fourth-order valence-corrected chi connectivity index (χ4v) is 0.883. The van der Waals surface area contributed by atoms with E-state index in [1.54, 1.807) is 6.92 Å². The number of benzene rings is 1. The number of hydrogen-bond donors (Lipinski definition) is 1. The predicted molar refractivity (Wildman–Crippen MR) is 68.8 cm³/mol. The highest BCUT2D eigenvalue weighted by atomic mass is 16.5. The van der Waals surface area contributed by atoms with Crippen LogP contribution in [0, 0.1) is 0 Å². The molecule has 0 aliphatic rings. The van der Waals surface area contributed by atoms with Crippen molar-refractivity contribution >= 4 is 11.9 Å². The Hall–Kier alpha value is -1.84. The first kappa shape index (κ1) is 17.6. The maximum atomic E-state index is 10.6. The lowest BCUT2D eigenvalue weighted by molar-refractivity contribution is -0.116. The van der Waals surface area contributed by atoms with Gasteiger partial charge in [0.15, 0.2) is 0 Å². The number of hydrogen-bond acceptors (Lipinski definition) is 3. The minimum atomic E-state index is -0.745. The van der Waals surface area contributed by atoms with Gasteiger partial charge in [0.05, 0.1) is 7.11 Å². The van der Waals surface area contributed by atoms with E-state index >= 15 is 0 Å². The third-order valence-electron chi connectivity index (χ3n) is 1.50. The second kappa shape index (κ2) is 12.2. The standard InChI is InChI=1S/C9H10O.C2H5NO2.C2H6/c1-8(10)7-9-5-3-2-4-6-9;1-5-2(3)4;1-2/h2-6H,7H2,1H3;1H3,(H2,3,4);1-2H3. The summed E-state index contributed by atoms with van der Waals surface area (Å²) in [5.41, 5.74) is 5.52. The van der Waals surface area contributed by atoms with E-state index in [9.17, 15) is 9.59 Å². The van der Waals surface area contributed by atoms with Crippen LogP contribution in [0.3, 0.4) is 0 Å². The van der Waals surface area contributed by atoms with Crippen molar-refractivity contribution in [3.05, 3.63) is 35.9 Å². The topological polar surface area (TPSA) is 69.4 Å². The number of methoxy groups -OCH3 is 1. The van der Waals surface area contributed by atoms with Crippen LogP contribution in [0.5, 0.6) is 0 Å². The molecule has 0 aliphatic heterocycles. The highest BCUT2D eigenvalue weighted by Crippen LogP contribution is 1.98. The Kier molecular flexibility index (Phi) is 12.6. The van der Waals surface area contributed by atoms with Crippen LogP contribution >= 0.6 is 0 Å². The van der Waals surface area contributed by atoms with Crippen LogP contribution in [0.2, 0.25) is 0 Å². The van der Waals surface area contributed by atoms with Gasteiger partial charge in [0, 0.05) is 6.42 Å². The summed E-state index contributed by atoms with van der Waals surface area (Å²) in [6.45, 7) is 5.60. The molecule has 1 amide bonds. The Bertz CT molecular complexity index is 310. The maximum absolute atomic E-state index is 10.6. The number of rotatable bonds is 2. The number of primary amides is 1. The minimum Gasteiger partial charge on any atom is -0.453 e. The molecule has 2 N–H and O–H groups in total. The SMILES string of the molecule is CC.CC(=O)Cc1ccccc1.COC(N)=O. The van der Waals surface area contributed by atoms with Gasteiger partial charge in [-0.15, -0.1) is 0 Å². The maximum Gasteiger partial charge on any atom is 0.404 e. The second-order valence-electron chi connectivity index (χ2n) is 2.89. The fourth-order valence-electron chi connectivity index (χ4n) is 0.883. The first-order valence-corrected chi connectivity index (χ1v) is 5.43. The Morgan fingerprint density at radius 2 is 1.59 bits per heavy atom. The van der Waals surface area contributed by atoms with Gasteiger partial charge in [-0.3, -0.25) is 4.79 Å². The number of Topliss-reactive ketones (excluding diaryl/α,β-unsaturated/α-hetero) is 1. The summed E-state index contributed by atoms with van der Waals surface area (Å²) >= 11 is 0. The molecule has 0 saturated heterocycles. The Morgan fingerprint density at radius 3 is 1.88 bits per heavy atom. The molecule has 0 atom stereocenters. The lowest BCUT2D eigenvalue weighted by atomic mass is 10.1. The van der Waals surface area contributed by atoms with Gasteiger partial charge in [0.1, 0.15) is 5.78 Å². The van der Waals surface area contributed by atoms with E-state index < -0.39 is 6.09 Å². The zero-order valence-electron chi connectivity index (χ0n) is 10.9. The molecule has 17 heavy (non-hydrogen) atoms. The molecule has 0 saturated carbocycles. The average molecular weight is 239 g/mol. The highest BCUT2D eigenvalue weighted by Gasteiger charge is 1.93. The average Bonchev–Trinajstić information content (AvgIpc) is 2.33. The van der Waals surface area contributed by atoms with E-state index in [1.807, 2.05) is 44.2 Å². The van der Waals surface area contributed by atoms with Crippen LogP contribution in [0.1, 0.15) is 26.3 Å². The Balaban J connectivity index is 0. The van der Waals surface area contributed by atoms with E-state index in [0.29, 0.717) is 6.42 Å².